The van der Waals surface area contributed by atoms with Crippen LogP contribution in [0.5, 0.6) is 0 Å². The van der Waals surface area contributed by atoms with Gasteiger partial charge in [-0.15, -0.1) is 0 Å². The molecule has 2 rings (SSSR count). The third-order valence-electron chi connectivity index (χ3n) is 4.34. The molecule has 0 amide bonds. The van der Waals surface area contributed by atoms with E-state index in [0.29, 0.717) is 5.92 Å². The van der Waals surface area contributed by atoms with Crippen LogP contribution in [0.4, 0.5) is 0 Å². The first-order chi connectivity index (χ1) is 8.88. The van der Waals surface area contributed by atoms with Crippen LogP contribution in [0.1, 0.15) is 57.3 Å². The predicted molar refractivity (Wildman–Crippen MR) is 78.0 cm³/mol. The van der Waals surface area contributed by atoms with Gasteiger partial charge >= 0.3 is 0 Å². The van der Waals surface area contributed by atoms with Gasteiger partial charge in [0.1, 0.15) is 0 Å². The van der Waals surface area contributed by atoms with Crippen LogP contribution in [0.2, 0.25) is 0 Å². The van der Waals surface area contributed by atoms with Crippen molar-refractivity contribution in [1.29, 1.82) is 0 Å². The van der Waals surface area contributed by atoms with Gasteiger partial charge in [-0.1, -0.05) is 26.7 Å². The average Bonchev–Trinajstić information content (AvgIpc) is 2.55. The van der Waals surface area contributed by atoms with Crippen molar-refractivity contribution >= 4 is 0 Å². The molecule has 1 aromatic rings. The Balaban J connectivity index is 2.03. The Bertz CT molecular complexity index is 424. The maximum absolute atomic E-state index is 10.9. The van der Waals surface area contributed by atoms with E-state index in [1.54, 1.807) is 0 Å². The van der Waals surface area contributed by atoms with Gasteiger partial charge in [0, 0.05) is 19.2 Å². The smallest absolute Gasteiger partial charge is 0.0705 e. The lowest BCUT2D eigenvalue weighted by molar-refractivity contribution is -0.0202. The molecule has 1 saturated carbocycles. The minimum atomic E-state index is -0.516. The summed E-state index contributed by atoms with van der Waals surface area (Å²) in [7, 11) is 1.97. The summed E-state index contributed by atoms with van der Waals surface area (Å²) in [6, 6.07) is 2.10. The fourth-order valence-electron chi connectivity index (χ4n) is 3.66. The Hall–Kier alpha value is -0.830. The number of hydrogen-bond donors (Lipinski definition) is 1. The van der Waals surface area contributed by atoms with E-state index in [-0.39, 0.29) is 0 Å². The normalized spacial score (nSPS) is 28.0. The van der Waals surface area contributed by atoms with E-state index >= 15 is 0 Å². The van der Waals surface area contributed by atoms with Crippen molar-refractivity contribution in [2.75, 3.05) is 0 Å². The number of aliphatic hydroxyl groups is 1. The highest BCUT2D eigenvalue weighted by Crippen LogP contribution is 2.37. The van der Waals surface area contributed by atoms with Crippen LogP contribution in [0.25, 0.3) is 0 Å². The van der Waals surface area contributed by atoms with Crippen LogP contribution in [-0.4, -0.2) is 20.5 Å². The number of hydrogen-bond acceptors (Lipinski definition) is 2. The van der Waals surface area contributed by atoms with Gasteiger partial charge in [0.15, 0.2) is 0 Å². The Labute approximate surface area is 117 Å². The lowest BCUT2D eigenvalue weighted by atomic mass is 9.73. The van der Waals surface area contributed by atoms with Crippen molar-refractivity contribution in [2.45, 2.75) is 64.9 Å². The molecule has 1 heterocycles. The van der Waals surface area contributed by atoms with Gasteiger partial charge in [-0.2, -0.15) is 5.10 Å². The van der Waals surface area contributed by atoms with E-state index in [1.807, 2.05) is 18.7 Å². The summed E-state index contributed by atoms with van der Waals surface area (Å²) in [6.45, 7) is 6.56. The first-order valence-electron chi connectivity index (χ1n) is 7.60. The third-order valence-corrected chi connectivity index (χ3v) is 4.34. The molecule has 1 fully saturated rings. The molecule has 1 aliphatic carbocycles. The summed E-state index contributed by atoms with van der Waals surface area (Å²) in [5, 5.41) is 15.3. The van der Waals surface area contributed by atoms with Crippen LogP contribution < -0.4 is 0 Å². The molecule has 0 aromatic carbocycles. The molecule has 0 aliphatic heterocycles. The van der Waals surface area contributed by atoms with Crippen molar-refractivity contribution in [3.05, 3.63) is 17.5 Å². The van der Waals surface area contributed by atoms with Crippen LogP contribution in [0, 0.1) is 18.8 Å². The SMILES string of the molecule is Cc1cc(CC2(O)CCCC(CC(C)C)C2)n(C)n1. The van der Waals surface area contributed by atoms with Gasteiger partial charge in [-0.25, -0.2) is 0 Å². The molecule has 19 heavy (non-hydrogen) atoms. The van der Waals surface area contributed by atoms with E-state index in [0.717, 1.165) is 43.0 Å². The van der Waals surface area contributed by atoms with Crippen LogP contribution >= 0.6 is 0 Å². The van der Waals surface area contributed by atoms with E-state index in [2.05, 4.69) is 25.0 Å². The molecule has 1 aromatic heterocycles. The molecule has 0 spiro atoms. The van der Waals surface area contributed by atoms with Crippen molar-refractivity contribution in [3.63, 3.8) is 0 Å². The van der Waals surface area contributed by atoms with Crippen molar-refractivity contribution in [1.82, 2.24) is 9.78 Å². The zero-order chi connectivity index (χ0) is 14.0. The third kappa shape index (κ3) is 3.82. The second-order valence-corrected chi connectivity index (χ2v) is 6.89. The molecule has 3 nitrogen and oxygen atoms in total. The largest absolute Gasteiger partial charge is 0.389 e. The maximum atomic E-state index is 10.9. The Morgan fingerprint density at radius 3 is 2.84 bits per heavy atom. The average molecular weight is 264 g/mol. The lowest BCUT2D eigenvalue weighted by Gasteiger charge is -2.37. The Morgan fingerprint density at radius 2 is 2.26 bits per heavy atom. The summed E-state index contributed by atoms with van der Waals surface area (Å²) >= 11 is 0. The highest BCUT2D eigenvalue weighted by Gasteiger charge is 2.35. The fraction of sp³-hybridized carbons (Fsp3) is 0.812. The highest BCUT2D eigenvalue weighted by atomic mass is 16.3. The summed E-state index contributed by atoms with van der Waals surface area (Å²) in [5.41, 5.74) is 1.68. The van der Waals surface area contributed by atoms with Crippen molar-refractivity contribution in [2.24, 2.45) is 18.9 Å². The fourth-order valence-corrected chi connectivity index (χ4v) is 3.66. The molecular weight excluding hydrogens is 236 g/mol. The molecule has 0 radical (unpaired) electrons. The molecular formula is C16H28N2O. The monoisotopic (exact) mass is 264 g/mol. The quantitative estimate of drug-likeness (QED) is 0.906. The minimum Gasteiger partial charge on any atom is -0.389 e. The van der Waals surface area contributed by atoms with Crippen LogP contribution in [0.3, 0.4) is 0 Å². The number of rotatable bonds is 4. The maximum Gasteiger partial charge on any atom is 0.0705 e. The summed E-state index contributed by atoms with van der Waals surface area (Å²) in [4.78, 5) is 0. The highest BCUT2D eigenvalue weighted by molar-refractivity contribution is 5.12. The number of aryl methyl sites for hydroxylation is 2. The zero-order valence-corrected chi connectivity index (χ0v) is 12.8. The first-order valence-corrected chi connectivity index (χ1v) is 7.60. The molecule has 3 heteroatoms. The predicted octanol–water partition coefficient (Wildman–Crippen LogP) is 3.24. The van der Waals surface area contributed by atoms with Crippen LogP contribution in [-0.2, 0) is 13.5 Å². The second kappa shape index (κ2) is 5.66. The summed E-state index contributed by atoms with van der Waals surface area (Å²) < 4.78 is 1.92. The standard InChI is InChI=1S/C16H28N2O/c1-12(2)8-14-6-5-7-16(19,10-14)11-15-9-13(3)17-18(15)4/h9,12,14,19H,5-8,10-11H2,1-4H3. The number of nitrogens with zero attached hydrogens (tertiary/aromatic N) is 2. The lowest BCUT2D eigenvalue weighted by Crippen LogP contribution is -2.38. The topological polar surface area (TPSA) is 38.0 Å². The minimum absolute atomic E-state index is 0.516. The molecule has 0 bridgehead atoms. The first kappa shape index (κ1) is 14.6. The van der Waals surface area contributed by atoms with Gasteiger partial charge in [-0.3, -0.25) is 4.68 Å². The molecule has 2 atom stereocenters. The van der Waals surface area contributed by atoms with Crippen LogP contribution in [0.15, 0.2) is 6.07 Å². The zero-order valence-electron chi connectivity index (χ0n) is 12.8. The van der Waals surface area contributed by atoms with E-state index in [4.69, 9.17) is 0 Å². The van der Waals surface area contributed by atoms with E-state index in [9.17, 15) is 5.11 Å². The molecule has 0 saturated heterocycles. The molecule has 1 N–H and O–H groups in total. The molecule has 1 aliphatic rings. The summed E-state index contributed by atoms with van der Waals surface area (Å²) in [6.07, 6.45) is 6.32. The van der Waals surface area contributed by atoms with Gasteiger partial charge in [0.05, 0.1) is 11.3 Å². The van der Waals surface area contributed by atoms with Gasteiger partial charge < -0.3 is 5.11 Å². The molecule has 108 valence electrons. The van der Waals surface area contributed by atoms with Gasteiger partial charge in [-0.05, 0) is 44.1 Å². The Morgan fingerprint density at radius 1 is 1.53 bits per heavy atom. The second-order valence-electron chi connectivity index (χ2n) is 6.89. The Kier molecular flexibility index (Phi) is 4.34. The van der Waals surface area contributed by atoms with Gasteiger partial charge in [0.2, 0.25) is 0 Å². The number of aromatic nitrogens is 2. The molecule has 2 unspecified atom stereocenters. The van der Waals surface area contributed by atoms with Crippen molar-refractivity contribution in [3.8, 4) is 0 Å². The van der Waals surface area contributed by atoms with E-state index in [1.165, 1.54) is 12.8 Å². The van der Waals surface area contributed by atoms with Crippen molar-refractivity contribution < 1.29 is 5.11 Å². The van der Waals surface area contributed by atoms with E-state index < -0.39 is 5.60 Å². The van der Waals surface area contributed by atoms with Gasteiger partial charge in [0.25, 0.3) is 0 Å². The summed E-state index contributed by atoms with van der Waals surface area (Å²) in [5.74, 6) is 1.42.